The lowest BCUT2D eigenvalue weighted by Gasteiger charge is -2.28. The fourth-order valence-electron chi connectivity index (χ4n) is 4.17. The molecule has 2 aromatic rings. The van der Waals surface area contributed by atoms with Gasteiger partial charge in [-0.1, -0.05) is 100 Å². The first-order chi connectivity index (χ1) is 13.3. The molecule has 0 spiro atoms. The summed E-state index contributed by atoms with van der Waals surface area (Å²) in [5.74, 6) is 0. The maximum atomic E-state index is 2.36. The molecule has 148 valence electrons. The second-order valence-electron chi connectivity index (χ2n) is 8.20. The Morgan fingerprint density at radius 2 is 0.926 bits per heavy atom. The molecule has 0 fully saturated rings. The van der Waals surface area contributed by atoms with Gasteiger partial charge in [-0.3, -0.25) is 0 Å². The van der Waals surface area contributed by atoms with Crippen molar-refractivity contribution in [2.75, 3.05) is 12.3 Å². The van der Waals surface area contributed by atoms with Crippen LogP contribution < -0.4 is 0 Å². The lowest BCUT2D eigenvalue weighted by Crippen LogP contribution is -2.11. The third-order valence-electron chi connectivity index (χ3n) is 5.69. The molecule has 27 heavy (non-hydrogen) atoms. The van der Waals surface area contributed by atoms with Crippen LogP contribution in [-0.2, 0) is 12.3 Å². The zero-order valence-corrected chi connectivity index (χ0v) is 18.6. The van der Waals surface area contributed by atoms with Gasteiger partial charge in [-0.2, -0.15) is 0 Å². The van der Waals surface area contributed by atoms with Gasteiger partial charge in [0.25, 0.3) is 0 Å². The van der Waals surface area contributed by atoms with Crippen molar-refractivity contribution >= 4 is 7.26 Å². The van der Waals surface area contributed by atoms with Gasteiger partial charge in [0.1, 0.15) is 0 Å². The topological polar surface area (TPSA) is 0 Å². The van der Waals surface area contributed by atoms with Crippen molar-refractivity contribution in [2.24, 2.45) is 0 Å². The van der Waals surface area contributed by atoms with E-state index in [0.29, 0.717) is 0 Å². The average Bonchev–Trinajstić information content (AvgIpc) is 2.70. The smallest absolute Gasteiger partial charge is 0.0654 e. The summed E-state index contributed by atoms with van der Waals surface area (Å²) < 4.78 is 0. The summed E-state index contributed by atoms with van der Waals surface area (Å²) in [6.07, 6.45) is 16.8. The number of hydrogen-bond acceptors (Lipinski definition) is 0. The average molecular weight is 384 g/mol. The normalized spacial score (nSPS) is 11.6. The molecule has 0 heterocycles. The van der Waals surface area contributed by atoms with Gasteiger partial charge in [0.05, 0.1) is 24.6 Å². The molecular weight excluding hydrogens is 343 g/mol. The molecule has 0 nitrogen and oxygen atoms in total. The lowest BCUT2D eigenvalue weighted by molar-refractivity contribution is 0.691. The van der Waals surface area contributed by atoms with Gasteiger partial charge in [0.15, 0.2) is 0 Å². The van der Waals surface area contributed by atoms with Crippen molar-refractivity contribution in [1.29, 1.82) is 0 Å². The monoisotopic (exact) mass is 383 g/mol. The van der Waals surface area contributed by atoms with Crippen LogP contribution in [0.2, 0.25) is 0 Å². The molecule has 0 amide bonds. The van der Waals surface area contributed by atoms with Gasteiger partial charge in [0, 0.05) is 7.26 Å². The first-order valence-electron chi connectivity index (χ1n) is 11.2. The van der Waals surface area contributed by atoms with Gasteiger partial charge in [-0.25, -0.2) is 0 Å². The molecule has 0 unspecified atom stereocenters. The van der Waals surface area contributed by atoms with Crippen LogP contribution in [0.15, 0.2) is 60.7 Å². The molecule has 0 radical (unpaired) electrons. The second-order valence-corrected chi connectivity index (χ2v) is 12.4. The molecule has 0 N–H and O–H groups in total. The van der Waals surface area contributed by atoms with E-state index in [9.17, 15) is 0 Å². The second kappa shape index (κ2) is 13.1. The maximum Gasteiger partial charge on any atom is 0.0846 e. The molecule has 1 heteroatoms. The lowest BCUT2D eigenvalue weighted by atomic mass is 10.2. The Morgan fingerprint density at radius 1 is 0.519 bits per heavy atom. The van der Waals surface area contributed by atoms with Crippen LogP contribution in [0.4, 0.5) is 0 Å². The first-order valence-corrected chi connectivity index (χ1v) is 13.7. The van der Waals surface area contributed by atoms with Gasteiger partial charge < -0.3 is 0 Å². The molecule has 0 aliphatic heterocycles. The largest absolute Gasteiger partial charge is 0.0846 e. The van der Waals surface area contributed by atoms with Gasteiger partial charge >= 0.3 is 0 Å². The summed E-state index contributed by atoms with van der Waals surface area (Å²) in [6, 6.07) is 22.6. The van der Waals surface area contributed by atoms with Crippen molar-refractivity contribution < 1.29 is 0 Å². The van der Waals surface area contributed by atoms with Crippen LogP contribution in [0.5, 0.6) is 0 Å². The minimum Gasteiger partial charge on any atom is -0.0654 e. The van der Waals surface area contributed by atoms with Crippen LogP contribution >= 0.6 is 7.26 Å². The van der Waals surface area contributed by atoms with Crippen LogP contribution in [0.3, 0.4) is 0 Å². The van der Waals surface area contributed by atoms with Gasteiger partial charge in [0.2, 0.25) is 0 Å². The number of benzene rings is 2. The Morgan fingerprint density at radius 3 is 1.30 bits per heavy atom. The highest BCUT2D eigenvalue weighted by Gasteiger charge is 2.36. The quantitative estimate of drug-likeness (QED) is 0.226. The predicted molar refractivity (Wildman–Crippen MR) is 125 cm³/mol. The molecule has 2 rings (SSSR count). The van der Waals surface area contributed by atoms with E-state index >= 15 is 0 Å². The molecule has 0 aliphatic carbocycles. The molecule has 0 atom stereocenters. The van der Waals surface area contributed by atoms with Gasteiger partial charge in [-0.15, -0.1) is 0 Å². The minimum atomic E-state index is -1.02. The summed E-state index contributed by atoms with van der Waals surface area (Å²) in [4.78, 5) is 0. The summed E-state index contributed by atoms with van der Waals surface area (Å²) in [5, 5.41) is 0. The third kappa shape index (κ3) is 8.61. The molecule has 2 aromatic carbocycles. The van der Waals surface area contributed by atoms with E-state index in [1.54, 1.807) is 11.1 Å². The third-order valence-corrected chi connectivity index (χ3v) is 10.3. The highest BCUT2D eigenvalue weighted by atomic mass is 31.2. The molecule has 0 aliphatic rings. The Bertz CT molecular complexity index is 535. The van der Waals surface area contributed by atoms with Crippen LogP contribution in [-0.4, -0.2) is 12.3 Å². The maximum absolute atomic E-state index is 2.36. The fraction of sp³-hybridized carbons (Fsp3) is 0.538. The van der Waals surface area contributed by atoms with E-state index in [1.807, 2.05) is 0 Å². The fourth-order valence-corrected chi connectivity index (χ4v) is 8.90. The Balaban J connectivity index is 2.17. The molecule has 0 aromatic heterocycles. The summed E-state index contributed by atoms with van der Waals surface area (Å²) in [7, 11) is -1.02. The Labute approximate surface area is 169 Å². The zero-order chi connectivity index (χ0) is 19.2. The molecule has 0 saturated carbocycles. The SMILES string of the molecule is CCCCCC[P+](CCCCCC)(Cc1ccccc1)Cc1ccccc1. The molecule has 0 saturated heterocycles. The first kappa shape index (κ1) is 22.2. The van der Waals surface area contributed by atoms with E-state index in [1.165, 1.54) is 76.0 Å². The van der Waals surface area contributed by atoms with Gasteiger partial charge in [-0.05, 0) is 36.8 Å². The van der Waals surface area contributed by atoms with E-state index in [4.69, 9.17) is 0 Å². The summed E-state index contributed by atoms with van der Waals surface area (Å²) in [6.45, 7) is 4.64. The van der Waals surface area contributed by atoms with Crippen molar-refractivity contribution in [1.82, 2.24) is 0 Å². The van der Waals surface area contributed by atoms with E-state index in [0.717, 1.165) is 0 Å². The number of hydrogen-bond donors (Lipinski definition) is 0. The molecule has 0 bridgehead atoms. The predicted octanol–water partition coefficient (Wildman–Crippen LogP) is 8.57. The van der Waals surface area contributed by atoms with E-state index < -0.39 is 7.26 Å². The molecular formula is C26H40P+. The van der Waals surface area contributed by atoms with E-state index in [2.05, 4.69) is 74.5 Å². The van der Waals surface area contributed by atoms with Crippen LogP contribution in [0, 0.1) is 0 Å². The van der Waals surface area contributed by atoms with Crippen molar-refractivity contribution in [3.63, 3.8) is 0 Å². The van der Waals surface area contributed by atoms with Crippen molar-refractivity contribution in [2.45, 2.75) is 77.5 Å². The number of unbranched alkanes of at least 4 members (excludes halogenated alkanes) is 6. The summed E-state index contributed by atoms with van der Waals surface area (Å²) >= 11 is 0. The highest BCUT2D eigenvalue weighted by molar-refractivity contribution is 7.74. The van der Waals surface area contributed by atoms with Crippen LogP contribution in [0.1, 0.15) is 76.3 Å². The van der Waals surface area contributed by atoms with E-state index in [-0.39, 0.29) is 0 Å². The van der Waals surface area contributed by atoms with Crippen molar-refractivity contribution in [3.05, 3.63) is 71.8 Å². The minimum absolute atomic E-state index is 1.02. The highest BCUT2D eigenvalue weighted by Crippen LogP contribution is 2.65. The standard InChI is InChI=1S/C26H40P/c1-3-5-7-15-21-27(22-16-8-6-4-2,23-25-17-11-9-12-18-25)24-26-19-13-10-14-20-26/h9-14,17-20H,3-8,15-16,21-24H2,1-2H3/q+1. The summed E-state index contributed by atoms with van der Waals surface area (Å²) in [5.41, 5.74) is 3.13. The van der Waals surface area contributed by atoms with Crippen molar-refractivity contribution in [3.8, 4) is 0 Å². The zero-order valence-electron chi connectivity index (χ0n) is 17.7. The number of rotatable bonds is 14. The van der Waals surface area contributed by atoms with Crippen LogP contribution in [0.25, 0.3) is 0 Å². The Hall–Kier alpha value is -1.13. The Kier molecular flexibility index (Phi) is 10.8.